The molecule has 4 heteroatoms. The maximum Gasteiger partial charge on any atom is 0.252 e. The van der Waals surface area contributed by atoms with E-state index < -0.39 is 0 Å². The smallest absolute Gasteiger partial charge is 0.252 e. The summed E-state index contributed by atoms with van der Waals surface area (Å²) in [6, 6.07) is 106. The molecule has 0 amide bonds. The van der Waals surface area contributed by atoms with Crippen LogP contribution in [0, 0.1) is 0 Å². The Morgan fingerprint density at radius 3 is 0.881 bits per heavy atom. The molecule has 0 bridgehead atoms. The van der Waals surface area contributed by atoms with E-state index in [0.29, 0.717) is 0 Å². The molecule has 16 rings (SSSR count). The van der Waals surface area contributed by atoms with Crippen LogP contribution < -0.4 is 30.9 Å². The second-order valence-corrected chi connectivity index (χ2v) is 37.9. The van der Waals surface area contributed by atoms with E-state index in [1.165, 1.54) is 77.6 Å². The van der Waals surface area contributed by atoms with Crippen LogP contribution in [0.4, 0.5) is 34.1 Å². The van der Waals surface area contributed by atoms with Crippen LogP contribution in [0.3, 0.4) is 0 Å². The van der Waals surface area contributed by atoms with Crippen molar-refractivity contribution in [1.29, 1.82) is 0 Å². The lowest BCUT2D eigenvalue weighted by molar-refractivity contribution is 0.418. The van der Waals surface area contributed by atoms with E-state index in [-0.39, 0.29) is 44.6 Å². The normalized spacial score (nSPS) is 14.0. The lowest BCUT2D eigenvalue weighted by atomic mass is 9.33. The van der Waals surface area contributed by atoms with Gasteiger partial charge in [0.05, 0.1) is 11.4 Å². The molecular formula is C105H105BN2O. The maximum atomic E-state index is 7.19. The fourth-order valence-corrected chi connectivity index (χ4v) is 16.9. The fourth-order valence-electron chi connectivity index (χ4n) is 16.9. The molecule has 13 aromatic rings. The van der Waals surface area contributed by atoms with Crippen LogP contribution in [0.1, 0.15) is 183 Å². The van der Waals surface area contributed by atoms with Crippen LogP contribution in [0.15, 0.2) is 273 Å². The zero-order valence-corrected chi connectivity index (χ0v) is 67.9. The summed E-state index contributed by atoms with van der Waals surface area (Å²) in [6.45, 7) is 46.9. The quantitative estimate of drug-likeness (QED) is 0.134. The van der Waals surface area contributed by atoms with Crippen molar-refractivity contribution in [3.05, 3.63) is 317 Å². The maximum absolute atomic E-state index is 7.19. The minimum atomic E-state index is -0.323. The van der Waals surface area contributed by atoms with Gasteiger partial charge in [-0.15, -0.1) is 0 Å². The molecule has 0 spiro atoms. The molecule has 0 fully saturated rings. The predicted octanol–water partition coefficient (Wildman–Crippen LogP) is 27.7. The summed E-state index contributed by atoms with van der Waals surface area (Å²) in [6.07, 6.45) is 0. The van der Waals surface area contributed by atoms with Crippen LogP contribution >= 0.6 is 0 Å². The van der Waals surface area contributed by atoms with Gasteiger partial charge in [0.1, 0.15) is 11.5 Å². The third-order valence-corrected chi connectivity index (χ3v) is 23.6. The minimum Gasteiger partial charge on any atom is -0.457 e. The molecule has 0 unspecified atom stereocenters. The molecule has 544 valence electrons. The lowest BCUT2D eigenvalue weighted by Gasteiger charge is -2.46. The van der Waals surface area contributed by atoms with Gasteiger partial charge in [0, 0.05) is 61.5 Å². The fraction of sp³-hybridized carbons (Fsp3) is 0.257. The van der Waals surface area contributed by atoms with Gasteiger partial charge in [0.15, 0.2) is 0 Å². The zero-order chi connectivity index (χ0) is 76.8. The Balaban J connectivity index is 1.12. The van der Waals surface area contributed by atoms with Crippen LogP contribution in [-0.2, 0) is 37.9 Å². The molecule has 3 aliphatic rings. The lowest BCUT2D eigenvalue weighted by Crippen LogP contribution is -2.61. The average Bonchev–Trinajstić information content (AvgIpc) is 0.686. The zero-order valence-electron chi connectivity index (χ0n) is 67.9. The number of rotatable bonds is 9. The molecule has 3 heterocycles. The molecule has 0 aliphatic carbocycles. The van der Waals surface area contributed by atoms with E-state index in [2.05, 4.69) is 421 Å². The first-order chi connectivity index (χ1) is 51.6. The highest BCUT2D eigenvalue weighted by molar-refractivity contribution is 7.00. The SMILES string of the molecule is CC(C)(C)c1cc(-c2ccc3c(c2)N(c2c(-c4ccccc4)cc(C(C)(C)C)cc2-c2ccccc2)c2cc(-c4ccc5c(c4)Oc4ccccc4C5(C)C)cc4c2B3c2ccc(-c3cc(C(C)(C)C)cc(C(C)(C)C)c3)cc2N4c2c(-c3ccccc3)cc(C(C)(C)C)cc2-c2ccccc2)cc(C(C)(C)C)c1. The Morgan fingerprint density at radius 2 is 0.532 bits per heavy atom. The summed E-state index contributed by atoms with van der Waals surface area (Å²) in [4.78, 5) is 5.48. The van der Waals surface area contributed by atoms with Gasteiger partial charge in [-0.25, -0.2) is 0 Å². The molecular weight excluding hydrogens is 1320 g/mol. The molecule has 109 heavy (non-hydrogen) atoms. The largest absolute Gasteiger partial charge is 0.457 e. The van der Waals surface area contributed by atoms with Crippen molar-refractivity contribution < 1.29 is 4.74 Å². The molecule has 0 radical (unpaired) electrons. The summed E-state index contributed by atoms with van der Waals surface area (Å²) in [7, 11) is 0. The summed E-state index contributed by atoms with van der Waals surface area (Å²) in [5.74, 6) is 1.76. The highest BCUT2D eigenvalue weighted by Crippen LogP contribution is 2.57. The number of ether oxygens (including phenoxy) is 1. The van der Waals surface area contributed by atoms with Crippen molar-refractivity contribution in [3.63, 3.8) is 0 Å². The van der Waals surface area contributed by atoms with Gasteiger partial charge in [-0.1, -0.05) is 351 Å². The number of benzene rings is 13. The van der Waals surface area contributed by atoms with E-state index >= 15 is 0 Å². The number of fused-ring (bicyclic) bond motifs is 6. The second kappa shape index (κ2) is 26.3. The number of para-hydroxylation sites is 1. The molecule has 0 aromatic heterocycles. The number of anilines is 6. The van der Waals surface area contributed by atoms with Gasteiger partial charge in [0.25, 0.3) is 6.71 Å². The van der Waals surface area contributed by atoms with Crippen molar-refractivity contribution >= 4 is 57.2 Å². The van der Waals surface area contributed by atoms with Gasteiger partial charge in [-0.3, -0.25) is 0 Å². The summed E-state index contributed by atoms with van der Waals surface area (Å²) in [5, 5.41) is 0. The first-order valence-electron chi connectivity index (χ1n) is 39.5. The summed E-state index contributed by atoms with van der Waals surface area (Å²) >= 11 is 0. The van der Waals surface area contributed by atoms with Crippen LogP contribution in [0.25, 0.3) is 77.9 Å². The summed E-state index contributed by atoms with van der Waals surface area (Å²) < 4.78 is 7.19. The summed E-state index contributed by atoms with van der Waals surface area (Å²) in [5.41, 5.74) is 35.6. The Morgan fingerprint density at radius 1 is 0.248 bits per heavy atom. The van der Waals surface area contributed by atoms with Gasteiger partial charge < -0.3 is 14.5 Å². The standard InChI is InChI=1S/C105H105BN2O/c1-99(2,3)76-51-73(52-77(60-76)100(4,5)6)70-46-49-88-90(55-70)107(97-82(66-35-25-21-26-36-66)62-80(103(13,14)15)63-83(97)67-37-27-22-28-38-67)92-57-75(72-45-48-87-95(59-72)109-94-44-34-33-43-86(94)105(87,19)20)58-93-96(92)106(88)89-50-47-71(74-53-78(101(7,8)9)61-79(54-74)102(10,11)12)56-91(89)108(93)98-84(68-39-29-23-30-40-68)64-81(104(16,17)18)65-85(98)69-41-31-24-32-42-69/h21-65H,1-20H3. The van der Waals surface area contributed by atoms with E-state index in [1.807, 2.05) is 0 Å². The topological polar surface area (TPSA) is 15.7 Å². The van der Waals surface area contributed by atoms with Crippen LogP contribution in [0.5, 0.6) is 11.5 Å². The van der Waals surface area contributed by atoms with Crippen LogP contribution in [0.2, 0.25) is 0 Å². The van der Waals surface area contributed by atoms with Crippen molar-refractivity contribution in [1.82, 2.24) is 0 Å². The van der Waals surface area contributed by atoms with E-state index in [4.69, 9.17) is 4.74 Å². The molecule has 0 N–H and O–H groups in total. The minimum absolute atomic E-state index is 0.112. The Kier molecular flexibility index (Phi) is 17.5. The molecule has 13 aromatic carbocycles. The van der Waals surface area contributed by atoms with E-state index in [0.717, 1.165) is 107 Å². The van der Waals surface area contributed by atoms with E-state index in [1.54, 1.807) is 0 Å². The first kappa shape index (κ1) is 72.5. The number of hydrogen-bond donors (Lipinski definition) is 0. The molecule has 3 nitrogen and oxygen atoms in total. The third kappa shape index (κ3) is 13.2. The van der Waals surface area contributed by atoms with Gasteiger partial charge in [-0.05, 0) is 199 Å². The highest BCUT2D eigenvalue weighted by Gasteiger charge is 2.47. The Hall–Kier alpha value is -10.7. The van der Waals surface area contributed by atoms with Crippen molar-refractivity contribution in [2.24, 2.45) is 0 Å². The van der Waals surface area contributed by atoms with Gasteiger partial charge in [0.2, 0.25) is 0 Å². The average molecular weight is 1420 g/mol. The molecule has 3 aliphatic heterocycles. The van der Waals surface area contributed by atoms with Crippen molar-refractivity contribution in [2.45, 2.75) is 176 Å². The number of nitrogens with zero attached hydrogens (tertiary/aromatic N) is 2. The number of hydrogen-bond acceptors (Lipinski definition) is 3. The van der Waals surface area contributed by atoms with Gasteiger partial charge in [-0.2, -0.15) is 0 Å². The third-order valence-electron chi connectivity index (χ3n) is 23.6. The van der Waals surface area contributed by atoms with Crippen molar-refractivity contribution in [2.75, 3.05) is 9.80 Å². The van der Waals surface area contributed by atoms with Crippen molar-refractivity contribution in [3.8, 4) is 89.4 Å². The predicted molar refractivity (Wildman–Crippen MR) is 469 cm³/mol. The Bertz CT molecular complexity index is 5240. The molecule has 0 saturated heterocycles. The van der Waals surface area contributed by atoms with Gasteiger partial charge >= 0.3 is 0 Å². The molecule has 0 atom stereocenters. The van der Waals surface area contributed by atoms with Crippen LogP contribution in [-0.4, -0.2) is 6.71 Å². The first-order valence-corrected chi connectivity index (χ1v) is 39.5. The molecule has 0 saturated carbocycles. The Labute approximate surface area is 650 Å². The highest BCUT2D eigenvalue weighted by atomic mass is 16.5. The van der Waals surface area contributed by atoms with E-state index in [9.17, 15) is 0 Å². The second-order valence-electron chi connectivity index (χ2n) is 37.9. The monoisotopic (exact) mass is 1420 g/mol.